The highest BCUT2D eigenvalue weighted by Crippen LogP contribution is 2.76. The van der Waals surface area contributed by atoms with Crippen molar-refractivity contribution in [2.45, 2.75) is 163 Å². The average molecular weight is 725 g/mol. The zero-order chi connectivity index (χ0) is 37.4. The molecule has 1 unspecified atom stereocenters. The second kappa shape index (κ2) is 13.5. The van der Waals surface area contributed by atoms with Crippen LogP contribution in [-0.4, -0.2) is 44.4 Å². The van der Waals surface area contributed by atoms with Crippen molar-refractivity contribution in [1.29, 1.82) is 0 Å². The van der Waals surface area contributed by atoms with Crippen molar-refractivity contribution in [2.24, 2.45) is 56.7 Å². The molecule has 1 N–H and O–H groups in total. The molecule has 3 heterocycles. The maximum atomic E-state index is 15.5. The van der Waals surface area contributed by atoms with E-state index in [2.05, 4.69) is 62.5 Å². The van der Waals surface area contributed by atoms with Crippen LogP contribution in [0.4, 0.5) is 0 Å². The van der Waals surface area contributed by atoms with Crippen LogP contribution in [0, 0.1) is 56.7 Å². The minimum absolute atomic E-state index is 0.0152. The minimum Gasteiger partial charge on any atom is -0.462 e. The van der Waals surface area contributed by atoms with Gasteiger partial charge in [0.05, 0.1) is 23.3 Å². The van der Waals surface area contributed by atoms with Gasteiger partial charge >= 0.3 is 5.97 Å². The number of nitrogens with zero attached hydrogens (tertiary/aromatic N) is 3. The first-order chi connectivity index (χ1) is 25.3. The number of hydrogen-bond donors (Lipinski definition) is 1. The molecule has 1 saturated heterocycles. The van der Waals surface area contributed by atoms with E-state index in [0.717, 1.165) is 68.6 Å². The molecule has 0 radical (unpaired) electrons. The highest BCUT2D eigenvalue weighted by molar-refractivity contribution is 5.84. The van der Waals surface area contributed by atoms with Crippen LogP contribution >= 0.6 is 0 Å². The molecule has 5 saturated carbocycles. The van der Waals surface area contributed by atoms with Crippen LogP contribution < -0.4 is 0 Å². The third-order valence-corrected chi connectivity index (χ3v) is 17.7. The van der Waals surface area contributed by atoms with Gasteiger partial charge in [0.1, 0.15) is 11.9 Å². The molecule has 53 heavy (non-hydrogen) atoms. The van der Waals surface area contributed by atoms with Gasteiger partial charge in [-0.05, 0) is 148 Å². The molecule has 7 nitrogen and oxygen atoms in total. The first-order valence-corrected chi connectivity index (χ1v) is 21.7. The monoisotopic (exact) mass is 725 g/mol. The number of H-pyrrole nitrogens is 1. The minimum atomic E-state index is -0.249. The van der Waals surface area contributed by atoms with Gasteiger partial charge in [0.25, 0.3) is 0 Å². The van der Waals surface area contributed by atoms with Gasteiger partial charge < -0.3 is 14.6 Å². The van der Waals surface area contributed by atoms with Gasteiger partial charge in [-0.15, -0.1) is 0 Å². The van der Waals surface area contributed by atoms with Gasteiger partial charge in [0, 0.05) is 36.8 Å². The van der Waals surface area contributed by atoms with Crippen LogP contribution in [0.3, 0.4) is 0 Å². The maximum absolute atomic E-state index is 15.5. The number of aromatic nitrogens is 3. The molecule has 0 bridgehead atoms. The normalized spacial score (nSPS) is 38.1. The van der Waals surface area contributed by atoms with E-state index in [-0.39, 0.29) is 39.8 Å². The summed E-state index contributed by atoms with van der Waals surface area (Å²) in [5.41, 5.74) is 2.62. The largest absolute Gasteiger partial charge is 0.462 e. The number of rotatable bonds is 10. The number of ether oxygens (including phenoxy) is 1. The third-order valence-electron chi connectivity index (χ3n) is 17.7. The first-order valence-electron chi connectivity index (χ1n) is 21.7. The Morgan fingerprint density at radius 1 is 0.981 bits per heavy atom. The summed E-state index contributed by atoms with van der Waals surface area (Å²) in [6.07, 6.45) is 24.2. The fourth-order valence-corrected chi connectivity index (χ4v) is 13.9. The number of aromatic amines is 1. The van der Waals surface area contributed by atoms with E-state index >= 15 is 4.79 Å². The van der Waals surface area contributed by atoms with E-state index in [9.17, 15) is 4.79 Å². The fraction of sp³-hybridized carbons (Fsp3) is 0.783. The summed E-state index contributed by atoms with van der Waals surface area (Å²) in [7, 11) is 0. The SMILES string of the molecule is CCCC[C@H](OC(C)=O)C(C)(C)[C@@H]1CC[C@]2(C)[C@H](CC[C@@H]3[C@H]4[C@H](C5(C)CC5)CC[C@]4(C(=O)N4CCCC4c4ncc(-c5cccnc5)[nH]4)CC[C@]32C)C1. The number of likely N-dealkylation sites (tertiary alicyclic amines) is 1. The topological polar surface area (TPSA) is 88.2 Å². The molecule has 2 aromatic rings. The average Bonchev–Trinajstić information content (AvgIpc) is 3.53. The summed E-state index contributed by atoms with van der Waals surface area (Å²) >= 11 is 0. The van der Waals surface area contributed by atoms with Crippen LogP contribution in [0.25, 0.3) is 11.3 Å². The van der Waals surface area contributed by atoms with Crippen molar-refractivity contribution in [3.05, 3.63) is 36.5 Å². The molecule has 5 aliphatic carbocycles. The lowest BCUT2D eigenvalue weighted by atomic mass is 9.37. The number of pyridine rings is 1. The Morgan fingerprint density at radius 2 is 1.79 bits per heavy atom. The second-order valence-corrected chi connectivity index (χ2v) is 20.3. The van der Waals surface area contributed by atoms with E-state index in [1.165, 1.54) is 57.8 Å². The number of imidazole rings is 1. The Hall–Kier alpha value is -2.70. The molecule has 6 aliphatic rings. The molecular weight excluding hydrogens is 657 g/mol. The molecule has 7 heteroatoms. The van der Waals surface area contributed by atoms with Crippen molar-refractivity contribution in [2.75, 3.05) is 6.54 Å². The quantitative estimate of drug-likeness (QED) is 0.247. The van der Waals surface area contributed by atoms with E-state index in [4.69, 9.17) is 9.72 Å². The summed E-state index contributed by atoms with van der Waals surface area (Å²) in [4.78, 5) is 42.9. The fourth-order valence-electron chi connectivity index (χ4n) is 13.9. The van der Waals surface area contributed by atoms with Crippen LogP contribution in [0.15, 0.2) is 30.7 Å². The van der Waals surface area contributed by atoms with Gasteiger partial charge in [0.15, 0.2) is 0 Å². The van der Waals surface area contributed by atoms with E-state index < -0.39 is 0 Å². The number of hydrogen-bond acceptors (Lipinski definition) is 5. The highest BCUT2D eigenvalue weighted by atomic mass is 16.5. The summed E-state index contributed by atoms with van der Waals surface area (Å²) in [6.45, 7) is 17.4. The Morgan fingerprint density at radius 3 is 2.51 bits per heavy atom. The standard InChI is InChI=1S/C46H68N4O3/c1-8-9-14-38(53-30(2)51)42(3,4)32-17-19-44(6)33(27-32)15-16-35-39-34(43(5)21-22-43)18-20-46(39,24-23-45(35,44)7)41(52)50-26-11-13-37(50)40-48-29-36(49-40)31-12-10-25-47-28-31/h10,12,25,28-29,32-35,37-39H,8-9,11,13-24,26-27H2,1-7H3,(H,48,49)/t32-,33-,34-,35-,37?,38+,39-,44-,45-,46+/m1/s1. The first kappa shape index (κ1) is 37.2. The number of fused-ring (bicyclic) bond motifs is 5. The predicted molar refractivity (Wildman–Crippen MR) is 209 cm³/mol. The van der Waals surface area contributed by atoms with Gasteiger partial charge in [-0.25, -0.2) is 4.98 Å². The maximum Gasteiger partial charge on any atom is 0.302 e. The summed E-state index contributed by atoms with van der Waals surface area (Å²) in [5, 5.41) is 0. The van der Waals surface area contributed by atoms with Gasteiger partial charge in [-0.2, -0.15) is 0 Å². The van der Waals surface area contributed by atoms with Gasteiger partial charge in [-0.1, -0.05) is 54.4 Å². The lowest BCUT2D eigenvalue weighted by Gasteiger charge is -2.68. The van der Waals surface area contributed by atoms with Crippen molar-refractivity contribution in [1.82, 2.24) is 19.9 Å². The summed E-state index contributed by atoms with van der Waals surface area (Å²) in [5.74, 6) is 4.21. The molecule has 8 rings (SSSR count). The number of carbonyl (C=O) groups is 2. The molecule has 0 spiro atoms. The molecule has 1 aliphatic heterocycles. The number of esters is 1. The highest BCUT2D eigenvalue weighted by Gasteiger charge is 2.71. The van der Waals surface area contributed by atoms with E-state index in [1.807, 2.05) is 18.5 Å². The Kier molecular flexibility index (Phi) is 9.48. The lowest BCUT2D eigenvalue weighted by Crippen LogP contribution is -2.63. The number of nitrogens with one attached hydrogen (secondary N) is 1. The van der Waals surface area contributed by atoms with Gasteiger partial charge in [0.2, 0.25) is 5.91 Å². The van der Waals surface area contributed by atoms with Crippen LogP contribution in [0.2, 0.25) is 0 Å². The van der Waals surface area contributed by atoms with E-state index in [0.29, 0.717) is 40.9 Å². The van der Waals surface area contributed by atoms with E-state index in [1.54, 1.807) is 13.1 Å². The van der Waals surface area contributed by atoms with Crippen molar-refractivity contribution >= 4 is 11.9 Å². The molecule has 0 aromatic carbocycles. The van der Waals surface area contributed by atoms with Crippen molar-refractivity contribution in [3.8, 4) is 11.3 Å². The predicted octanol–water partition coefficient (Wildman–Crippen LogP) is 10.7. The zero-order valence-electron chi connectivity index (χ0n) is 34.0. The molecule has 1 amide bonds. The Balaban J connectivity index is 1.07. The lowest BCUT2D eigenvalue weighted by molar-refractivity contribution is -0.202. The molecular formula is C46H68N4O3. The number of amides is 1. The van der Waals surface area contributed by atoms with Crippen LogP contribution in [0.5, 0.6) is 0 Å². The summed E-state index contributed by atoms with van der Waals surface area (Å²) in [6, 6.07) is 4.05. The van der Waals surface area contributed by atoms with Crippen molar-refractivity contribution < 1.29 is 14.3 Å². The third kappa shape index (κ3) is 5.94. The molecule has 10 atom stereocenters. The number of unbranched alkanes of at least 4 members (excludes halogenated alkanes) is 1. The molecule has 2 aromatic heterocycles. The molecule has 290 valence electrons. The Labute approximate surface area is 319 Å². The van der Waals surface area contributed by atoms with Crippen LogP contribution in [-0.2, 0) is 14.3 Å². The summed E-state index contributed by atoms with van der Waals surface area (Å²) < 4.78 is 6.08. The second-order valence-electron chi connectivity index (χ2n) is 20.3. The van der Waals surface area contributed by atoms with Crippen LogP contribution in [0.1, 0.15) is 163 Å². The molecule has 6 fully saturated rings. The Bertz CT molecular complexity index is 1670. The van der Waals surface area contributed by atoms with Gasteiger partial charge in [-0.3, -0.25) is 14.6 Å². The zero-order valence-corrected chi connectivity index (χ0v) is 34.0. The number of carbonyl (C=O) groups excluding carboxylic acids is 2. The smallest absolute Gasteiger partial charge is 0.302 e. The van der Waals surface area contributed by atoms with Crippen molar-refractivity contribution in [3.63, 3.8) is 0 Å².